The Labute approximate surface area is 96.0 Å². The second-order valence-electron chi connectivity index (χ2n) is 5.15. The van der Waals surface area contributed by atoms with Crippen LogP contribution < -0.4 is 5.32 Å². The first-order valence-corrected chi connectivity index (χ1v) is 6.15. The Balaban J connectivity index is 3.82. The molecule has 0 saturated heterocycles. The standard InChI is InChI=1S/C14H27N/c1-6-8-9-10-14(4,5)12-13(3)15-11-7-2/h13,15H,7,9-12H2,1-5H3. The van der Waals surface area contributed by atoms with Gasteiger partial charge in [-0.2, -0.15) is 0 Å². The van der Waals surface area contributed by atoms with Crippen LogP contribution in [-0.2, 0) is 0 Å². The third-order valence-corrected chi connectivity index (χ3v) is 2.71. The van der Waals surface area contributed by atoms with Gasteiger partial charge in [-0.15, -0.1) is 11.8 Å². The fourth-order valence-corrected chi connectivity index (χ4v) is 1.92. The normalized spacial score (nSPS) is 13.1. The molecule has 0 aliphatic rings. The molecule has 1 nitrogen and oxygen atoms in total. The fraction of sp³-hybridized carbons (Fsp3) is 0.857. The van der Waals surface area contributed by atoms with Crippen LogP contribution in [-0.4, -0.2) is 12.6 Å². The summed E-state index contributed by atoms with van der Waals surface area (Å²) in [6.07, 6.45) is 4.68. The average molecular weight is 209 g/mol. The lowest BCUT2D eigenvalue weighted by atomic mass is 9.82. The van der Waals surface area contributed by atoms with Crippen molar-refractivity contribution in [2.24, 2.45) is 5.41 Å². The quantitative estimate of drug-likeness (QED) is 0.632. The van der Waals surface area contributed by atoms with Crippen molar-refractivity contribution in [1.29, 1.82) is 0 Å². The van der Waals surface area contributed by atoms with Gasteiger partial charge in [-0.25, -0.2) is 0 Å². The van der Waals surface area contributed by atoms with Gasteiger partial charge in [0.05, 0.1) is 0 Å². The summed E-state index contributed by atoms with van der Waals surface area (Å²) in [5.74, 6) is 6.11. The minimum Gasteiger partial charge on any atom is -0.314 e. The Bertz CT molecular complexity index is 207. The molecule has 88 valence electrons. The van der Waals surface area contributed by atoms with E-state index in [1.807, 2.05) is 6.92 Å². The number of rotatable bonds is 7. The van der Waals surface area contributed by atoms with E-state index in [-0.39, 0.29) is 0 Å². The van der Waals surface area contributed by atoms with Crippen LogP contribution in [0.4, 0.5) is 0 Å². The molecule has 0 amide bonds. The second-order valence-corrected chi connectivity index (χ2v) is 5.15. The minimum atomic E-state index is 0.407. The Morgan fingerprint density at radius 2 is 2.00 bits per heavy atom. The molecule has 0 fully saturated rings. The highest BCUT2D eigenvalue weighted by molar-refractivity contribution is 4.96. The first kappa shape index (κ1) is 14.5. The van der Waals surface area contributed by atoms with E-state index in [1.165, 1.54) is 19.3 Å². The summed E-state index contributed by atoms with van der Waals surface area (Å²) < 4.78 is 0. The Hall–Kier alpha value is -0.480. The van der Waals surface area contributed by atoms with Crippen molar-refractivity contribution in [2.75, 3.05) is 6.54 Å². The van der Waals surface area contributed by atoms with Crippen LogP contribution in [0.5, 0.6) is 0 Å². The summed E-state index contributed by atoms with van der Waals surface area (Å²) in [6.45, 7) is 12.2. The fourth-order valence-electron chi connectivity index (χ4n) is 1.92. The molecule has 1 heteroatoms. The van der Waals surface area contributed by atoms with Crippen molar-refractivity contribution in [1.82, 2.24) is 5.32 Å². The maximum Gasteiger partial charge on any atom is 0.00936 e. The van der Waals surface area contributed by atoms with Crippen LogP contribution >= 0.6 is 0 Å². The monoisotopic (exact) mass is 209 g/mol. The maximum atomic E-state index is 3.54. The van der Waals surface area contributed by atoms with Gasteiger partial charge in [0.1, 0.15) is 0 Å². The van der Waals surface area contributed by atoms with E-state index in [0.29, 0.717) is 11.5 Å². The summed E-state index contributed by atoms with van der Waals surface area (Å²) in [4.78, 5) is 0. The lowest BCUT2D eigenvalue weighted by Gasteiger charge is -2.28. The van der Waals surface area contributed by atoms with Crippen molar-refractivity contribution in [2.45, 2.75) is 66.3 Å². The maximum absolute atomic E-state index is 3.54. The molecule has 0 aromatic carbocycles. The van der Waals surface area contributed by atoms with Crippen LogP contribution in [0.3, 0.4) is 0 Å². The van der Waals surface area contributed by atoms with Gasteiger partial charge in [-0.3, -0.25) is 0 Å². The second kappa shape index (κ2) is 7.77. The first-order valence-electron chi connectivity index (χ1n) is 6.15. The van der Waals surface area contributed by atoms with Gasteiger partial charge in [0.25, 0.3) is 0 Å². The van der Waals surface area contributed by atoms with Crippen LogP contribution in [0, 0.1) is 17.3 Å². The molecule has 0 rings (SSSR count). The average Bonchev–Trinajstić information content (AvgIpc) is 2.14. The highest BCUT2D eigenvalue weighted by Gasteiger charge is 2.19. The van der Waals surface area contributed by atoms with Crippen molar-refractivity contribution in [3.05, 3.63) is 0 Å². The van der Waals surface area contributed by atoms with E-state index in [4.69, 9.17) is 0 Å². The van der Waals surface area contributed by atoms with Crippen LogP contribution in [0.1, 0.15) is 60.3 Å². The zero-order valence-electron chi connectivity index (χ0n) is 11.1. The van der Waals surface area contributed by atoms with Crippen LogP contribution in [0.2, 0.25) is 0 Å². The number of hydrogen-bond acceptors (Lipinski definition) is 1. The van der Waals surface area contributed by atoms with Crippen molar-refractivity contribution < 1.29 is 0 Å². The Morgan fingerprint density at radius 1 is 1.33 bits per heavy atom. The van der Waals surface area contributed by atoms with Gasteiger partial charge in [-0.1, -0.05) is 20.8 Å². The summed E-state index contributed by atoms with van der Waals surface area (Å²) in [5, 5.41) is 3.54. The molecule has 0 aromatic rings. The summed E-state index contributed by atoms with van der Waals surface area (Å²) in [7, 11) is 0. The molecule has 1 N–H and O–H groups in total. The van der Waals surface area contributed by atoms with Gasteiger partial charge in [-0.05, 0) is 45.1 Å². The van der Waals surface area contributed by atoms with Crippen molar-refractivity contribution >= 4 is 0 Å². The van der Waals surface area contributed by atoms with Gasteiger partial charge < -0.3 is 5.32 Å². The molecule has 1 atom stereocenters. The molecular formula is C14H27N. The minimum absolute atomic E-state index is 0.407. The van der Waals surface area contributed by atoms with E-state index in [1.54, 1.807) is 0 Å². The van der Waals surface area contributed by atoms with E-state index in [2.05, 4.69) is 44.9 Å². The highest BCUT2D eigenvalue weighted by atomic mass is 14.9. The Kier molecular flexibility index (Phi) is 7.52. The van der Waals surface area contributed by atoms with E-state index in [0.717, 1.165) is 13.0 Å². The molecular weight excluding hydrogens is 182 g/mol. The zero-order valence-corrected chi connectivity index (χ0v) is 11.1. The van der Waals surface area contributed by atoms with Crippen molar-refractivity contribution in [3.63, 3.8) is 0 Å². The predicted molar refractivity (Wildman–Crippen MR) is 68.8 cm³/mol. The highest BCUT2D eigenvalue weighted by Crippen LogP contribution is 2.27. The SMILES string of the molecule is CC#CCCC(C)(C)CC(C)NCCC. The largest absolute Gasteiger partial charge is 0.314 e. The molecule has 0 saturated carbocycles. The zero-order chi connectivity index (χ0) is 11.7. The molecule has 0 heterocycles. The van der Waals surface area contributed by atoms with Crippen molar-refractivity contribution in [3.8, 4) is 11.8 Å². The summed E-state index contributed by atoms with van der Waals surface area (Å²) in [6, 6.07) is 0.620. The molecule has 15 heavy (non-hydrogen) atoms. The molecule has 0 spiro atoms. The van der Waals surface area contributed by atoms with E-state index >= 15 is 0 Å². The topological polar surface area (TPSA) is 12.0 Å². The first-order chi connectivity index (χ1) is 7.02. The van der Waals surface area contributed by atoms with E-state index < -0.39 is 0 Å². The van der Waals surface area contributed by atoms with Gasteiger partial charge in [0.15, 0.2) is 0 Å². The third kappa shape index (κ3) is 8.51. The molecule has 0 radical (unpaired) electrons. The summed E-state index contributed by atoms with van der Waals surface area (Å²) in [5.41, 5.74) is 0.407. The molecule has 0 aliphatic carbocycles. The number of nitrogens with one attached hydrogen (secondary N) is 1. The van der Waals surface area contributed by atoms with Gasteiger partial charge in [0.2, 0.25) is 0 Å². The van der Waals surface area contributed by atoms with Crippen LogP contribution in [0.15, 0.2) is 0 Å². The molecule has 0 bridgehead atoms. The molecule has 0 aromatic heterocycles. The van der Waals surface area contributed by atoms with Gasteiger partial charge >= 0.3 is 0 Å². The van der Waals surface area contributed by atoms with E-state index in [9.17, 15) is 0 Å². The van der Waals surface area contributed by atoms with Gasteiger partial charge in [0, 0.05) is 12.5 Å². The molecule has 0 aliphatic heterocycles. The lowest BCUT2D eigenvalue weighted by molar-refractivity contribution is 0.271. The third-order valence-electron chi connectivity index (χ3n) is 2.71. The smallest absolute Gasteiger partial charge is 0.00936 e. The Morgan fingerprint density at radius 3 is 2.53 bits per heavy atom. The lowest BCUT2D eigenvalue weighted by Crippen LogP contribution is -2.31. The predicted octanol–water partition coefficient (Wildman–Crippen LogP) is 3.59. The summed E-state index contributed by atoms with van der Waals surface area (Å²) >= 11 is 0. The number of hydrogen-bond donors (Lipinski definition) is 1. The van der Waals surface area contributed by atoms with Crippen LogP contribution in [0.25, 0.3) is 0 Å². The molecule has 1 unspecified atom stereocenters.